The average Bonchev–Trinajstić information content (AvgIpc) is 3.45. The Bertz CT molecular complexity index is 1420. The Morgan fingerprint density at radius 3 is 2.39 bits per heavy atom. The monoisotopic (exact) mass is 484 g/mol. The number of ether oxygens (including phenoxy) is 1. The van der Waals surface area contributed by atoms with Gasteiger partial charge in [0.1, 0.15) is 12.3 Å². The molecule has 0 saturated heterocycles. The number of nitro benzene ring substituents is 1. The number of benzene rings is 3. The maximum Gasteiger partial charge on any atom is 0.270 e. The lowest BCUT2D eigenvalue weighted by Crippen LogP contribution is -2.41. The van der Waals surface area contributed by atoms with E-state index in [2.05, 4.69) is 5.10 Å². The van der Waals surface area contributed by atoms with Crippen LogP contribution in [0.25, 0.3) is 0 Å². The van der Waals surface area contributed by atoms with Crippen LogP contribution in [0.1, 0.15) is 44.3 Å². The van der Waals surface area contributed by atoms with Crippen LogP contribution in [-0.4, -0.2) is 51.9 Å². The fourth-order valence-corrected chi connectivity index (χ4v) is 4.37. The number of nitrogens with zero attached hydrogens (tertiary/aromatic N) is 4. The molecule has 0 unspecified atom stereocenters. The van der Waals surface area contributed by atoms with Crippen LogP contribution in [0.3, 0.4) is 0 Å². The zero-order valence-electron chi connectivity index (χ0n) is 19.2. The highest BCUT2D eigenvalue weighted by atomic mass is 16.6. The van der Waals surface area contributed by atoms with E-state index in [1.807, 2.05) is 42.5 Å². The second kappa shape index (κ2) is 9.06. The molecule has 180 valence electrons. The summed E-state index contributed by atoms with van der Waals surface area (Å²) in [7, 11) is 1.56. The highest BCUT2D eigenvalue weighted by molar-refractivity contribution is 6.22. The fraction of sp³-hybridized carbons (Fsp3) is 0.154. The van der Waals surface area contributed by atoms with Gasteiger partial charge in [-0.2, -0.15) is 5.10 Å². The summed E-state index contributed by atoms with van der Waals surface area (Å²) in [5.41, 5.74) is 2.00. The van der Waals surface area contributed by atoms with Gasteiger partial charge in [0, 0.05) is 18.6 Å². The topological polar surface area (TPSA) is 122 Å². The van der Waals surface area contributed by atoms with E-state index in [4.69, 9.17) is 4.74 Å². The first-order valence-electron chi connectivity index (χ1n) is 11.1. The second-order valence-electron chi connectivity index (χ2n) is 8.33. The van der Waals surface area contributed by atoms with Gasteiger partial charge in [-0.3, -0.25) is 29.4 Å². The molecule has 3 aromatic carbocycles. The molecule has 0 N–H and O–H groups in total. The number of imide groups is 1. The van der Waals surface area contributed by atoms with Gasteiger partial charge in [0.05, 0.1) is 34.9 Å². The van der Waals surface area contributed by atoms with E-state index in [0.29, 0.717) is 17.9 Å². The first kappa shape index (κ1) is 22.9. The Morgan fingerprint density at radius 1 is 1.03 bits per heavy atom. The standard InChI is InChI=1S/C26H20N4O6/c1-36-19-10-7-17(8-11-19)23-14-22(16-5-3-2-4-6-16)27-29(23)24(31)15-28-25(32)20-12-9-18(30(34)35)13-21(20)26(28)33/h2-13,23H,14-15H2,1H3/t23-/m0/s1. The zero-order chi connectivity index (χ0) is 25.4. The van der Waals surface area contributed by atoms with Crippen LogP contribution >= 0.6 is 0 Å². The molecule has 0 fully saturated rings. The summed E-state index contributed by atoms with van der Waals surface area (Å²) in [4.78, 5) is 50.5. The molecular formula is C26H20N4O6. The van der Waals surface area contributed by atoms with Crippen molar-refractivity contribution < 1.29 is 24.0 Å². The summed E-state index contributed by atoms with van der Waals surface area (Å²) in [6.07, 6.45) is 0.441. The fourth-order valence-electron chi connectivity index (χ4n) is 4.37. The number of hydrogen-bond donors (Lipinski definition) is 0. The quantitative estimate of drug-likeness (QED) is 0.299. The molecule has 2 aliphatic heterocycles. The van der Waals surface area contributed by atoms with Crippen molar-refractivity contribution >= 4 is 29.1 Å². The average molecular weight is 484 g/mol. The lowest BCUT2D eigenvalue weighted by atomic mass is 9.98. The zero-order valence-corrected chi connectivity index (χ0v) is 19.2. The van der Waals surface area contributed by atoms with E-state index in [0.717, 1.165) is 28.2 Å². The van der Waals surface area contributed by atoms with Crippen molar-refractivity contribution in [3.05, 3.63) is 105 Å². The molecule has 2 heterocycles. The number of hydrogen-bond acceptors (Lipinski definition) is 7. The largest absolute Gasteiger partial charge is 0.497 e. The molecule has 0 aliphatic carbocycles. The molecule has 3 aromatic rings. The van der Waals surface area contributed by atoms with Crippen LogP contribution in [0.4, 0.5) is 5.69 Å². The summed E-state index contributed by atoms with van der Waals surface area (Å²) < 4.78 is 5.23. The lowest BCUT2D eigenvalue weighted by molar-refractivity contribution is -0.384. The number of non-ortho nitro benzene ring substituents is 1. The molecule has 2 aliphatic rings. The molecule has 3 amide bonds. The minimum absolute atomic E-state index is 0.0278. The van der Waals surface area contributed by atoms with Crippen LogP contribution in [-0.2, 0) is 4.79 Å². The summed E-state index contributed by atoms with van der Waals surface area (Å²) in [5, 5.41) is 17.0. The van der Waals surface area contributed by atoms with Gasteiger partial charge in [-0.25, -0.2) is 5.01 Å². The number of rotatable bonds is 6. The van der Waals surface area contributed by atoms with Crippen molar-refractivity contribution in [1.29, 1.82) is 0 Å². The first-order chi connectivity index (χ1) is 17.4. The van der Waals surface area contributed by atoms with E-state index in [1.54, 1.807) is 19.2 Å². The van der Waals surface area contributed by atoms with Crippen molar-refractivity contribution in [2.24, 2.45) is 5.10 Å². The number of fused-ring (bicyclic) bond motifs is 1. The SMILES string of the molecule is COc1ccc([C@@H]2CC(c3ccccc3)=NN2C(=O)CN2C(=O)c3ccc([N+](=O)[O-])cc3C2=O)cc1. The van der Waals surface area contributed by atoms with Crippen LogP contribution in [0, 0.1) is 10.1 Å². The van der Waals surface area contributed by atoms with Gasteiger partial charge in [-0.15, -0.1) is 0 Å². The van der Waals surface area contributed by atoms with Crippen molar-refractivity contribution in [3.63, 3.8) is 0 Å². The molecule has 10 heteroatoms. The Kier molecular flexibility index (Phi) is 5.77. The minimum atomic E-state index is -0.750. The number of carbonyl (C=O) groups is 3. The van der Waals surface area contributed by atoms with E-state index < -0.39 is 35.2 Å². The van der Waals surface area contributed by atoms with Crippen LogP contribution in [0.15, 0.2) is 77.9 Å². The van der Waals surface area contributed by atoms with Crippen LogP contribution in [0.5, 0.6) is 5.75 Å². The Labute approximate surface area is 205 Å². The van der Waals surface area contributed by atoms with E-state index in [-0.39, 0.29) is 16.8 Å². The van der Waals surface area contributed by atoms with E-state index >= 15 is 0 Å². The molecule has 0 saturated carbocycles. The van der Waals surface area contributed by atoms with Crippen molar-refractivity contribution in [2.75, 3.05) is 13.7 Å². The predicted octanol–water partition coefficient (Wildman–Crippen LogP) is 3.58. The molecule has 0 spiro atoms. The van der Waals surface area contributed by atoms with Crippen molar-refractivity contribution in [3.8, 4) is 5.75 Å². The molecule has 1 atom stereocenters. The van der Waals surface area contributed by atoms with Gasteiger partial charge in [0.2, 0.25) is 0 Å². The summed E-state index contributed by atoms with van der Waals surface area (Å²) in [6, 6.07) is 19.7. The van der Waals surface area contributed by atoms with Gasteiger partial charge in [-0.05, 0) is 29.3 Å². The Morgan fingerprint density at radius 2 is 1.72 bits per heavy atom. The summed E-state index contributed by atoms with van der Waals surface area (Å²) >= 11 is 0. The summed E-state index contributed by atoms with van der Waals surface area (Å²) in [5.74, 6) is -1.31. The molecule has 0 bridgehead atoms. The molecular weight excluding hydrogens is 464 g/mol. The number of hydrazone groups is 1. The molecule has 10 nitrogen and oxygen atoms in total. The van der Waals surface area contributed by atoms with Crippen LogP contribution < -0.4 is 4.74 Å². The highest BCUT2D eigenvalue weighted by Crippen LogP contribution is 2.34. The molecule has 0 radical (unpaired) electrons. The Hall–Kier alpha value is -4.86. The first-order valence-corrected chi connectivity index (χ1v) is 11.1. The van der Waals surface area contributed by atoms with E-state index in [9.17, 15) is 24.5 Å². The third kappa shape index (κ3) is 3.98. The summed E-state index contributed by atoms with van der Waals surface area (Å²) in [6.45, 7) is -0.543. The van der Waals surface area contributed by atoms with Gasteiger partial charge >= 0.3 is 0 Å². The lowest BCUT2D eigenvalue weighted by Gasteiger charge is -2.24. The number of carbonyl (C=O) groups excluding carboxylic acids is 3. The normalized spacial score (nSPS) is 16.7. The number of methoxy groups -OCH3 is 1. The second-order valence-corrected chi connectivity index (χ2v) is 8.33. The van der Waals surface area contributed by atoms with Gasteiger partial charge < -0.3 is 4.74 Å². The van der Waals surface area contributed by atoms with E-state index in [1.165, 1.54) is 11.1 Å². The predicted molar refractivity (Wildman–Crippen MR) is 129 cm³/mol. The molecule has 5 rings (SSSR count). The van der Waals surface area contributed by atoms with Gasteiger partial charge in [-0.1, -0.05) is 42.5 Å². The smallest absolute Gasteiger partial charge is 0.270 e. The number of nitro groups is 1. The highest BCUT2D eigenvalue weighted by Gasteiger charge is 2.41. The van der Waals surface area contributed by atoms with Crippen molar-refractivity contribution in [2.45, 2.75) is 12.5 Å². The maximum atomic E-state index is 13.4. The third-order valence-corrected chi connectivity index (χ3v) is 6.23. The van der Waals surface area contributed by atoms with Crippen LogP contribution in [0.2, 0.25) is 0 Å². The third-order valence-electron chi connectivity index (χ3n) is 6.23. The maximum absolute atomic E-state index is 13.4. The molecule has 0 aromatic heterocycles. The van der Waals surface area contributed by atoms with Crippen molar-refractivity contribution in [1.82, 2.24) is 9.91 Å². The molecule has 36 heavy (non-hydrogen) atoms. The number of amides is 3. The van der Waals surface area contributed by atoms with Gasteiger partial charge in [0.25, 0.3) is 23.4 Å². The minimum Gasteiger partial charge on any atom is -0.497 e. The van der Waals surface area contributed by atoms with Gasteiger partial charge in [0.15, 0.2) is 0 Å². The Balaban J connectivity index is 1.44.